The van der Waals surface area contributed by atoms with E-state index in [9.17, 15) is 20.1 Å². The molecule has 0 fully saturated rings. The van der Waals surface area contributed by atoms with Crippen LogP contribution in [0.25, 0.3) is 0 Å². The predicted octanol–water partition coefficient (Wildman–Crippen LogP) is 13.8. The Morgan fingerprint density at radius 2 is 0.654 bits per heavy atom. The zero-order chi connectivity index (χ0) is 38.0. The lowest BCUT2D eigenvalue weighted by Crippen LogP contribution is -2.46. The number of carbonyl (C=O) groups excluding carboxylic acids is 1. The van der Waals surface area contributed by atoms with E-state index in [1.807, 2.05) is 0 Å². The number of aliphatic hydroxyl groups is 3. The maximum absolute atomic E-state index is 12.5. The first-order valence-corrected chi connectivity index (χ1v) is 23.8. The average Bonchev–Trinajstić information content (AvgIpc) is 3.14. The molecule has 3 unspecified atom stereocenters. The van der Waals surface area contributed by atoms with Crippen molar-refractivity contribution >= 4 is 5.91 Å². The molecule has 0 aliphatic carbocycles. The van der Waals surface area contributed by atoms with Crippen molar-refractivity contribution in [3.05, 3.63) is 0 Å². The molecule has 0 rings (SSSR count). The molecule has 52 heavy (non-hydrogen) atoms. The van der Waals surface area contributed by atoms with Gasteiger partial charge >= 0.3 is 0 Å². The van der Waals surface area contributed by atoms with Gasteiger partial charge in [0.15, 0.2) is 0 Å². The molecule has 5 heteroatoms. The Kier molecular flexibility index (Phi) is 42.5. The SMILES string of the molecule is CCCCCCCCCCCCCCCCCCCCCCC(O)CC(=O)NC(CO)C(O)CCCCCCCCCCCCCCCCCCC. The quantitative estimate of drug-likeness (QED) is 0.0469. The number of nitrogens with one attached hydrogen (secondary N) is 1. The Labute approximate surface area is 326 Å². The van der Waals surface area contributed by atoms with E-state index in [2.05, 4.69) is 19.2 Å². The summed E-state index contributed by atoms with van der Waals surface area (Å²) >= 11 is 0. The van der Waals surface area contributed by atoms with E-state index in [-0.39, 0.29) is 18.9 Å². The molecule has 0 spiro atoms. The van der Waals surface area contributed by atoms with Crippen molar-refractivity contribution in [1.82, 2.24) is 5.32 Å². The van der Waals surface area contributed by atoms with Crippen LogP contribution in [0.2, 0.25) is 0 Å². The van der Waals surface area contributed by atoms with Gasteiger partial charge < -0.3 is 20.6 Å². The van der Waals surface area contributed by atoms with Crippen LogP contribution in [0.3, 0.4) is 0 Å². The van der Waals surface area contributed by atoms with Crippen molar-refractivity contribution in [2.45, 2.75) is 289 Å². The second-order valence-corrected chi connectivity index (χ2v) is 16.7. The standard InChI is InChI=1S/C47H95NO4/c1-3-5-7-9-11-13-15-17-19-21-22-23-25-26-28-30-32-34-36-38-40-44(50)42-47(52)48-45(43-49)46(51)41-39-37-35-33-31-29-27-24-20-18-16-14-12-10-8-6-4-2/h44-46,49-51H,3-43H2,1-2H3,(H,48,52). The maximum atomic E-state index is 12.5. The van der Waals surface area contributed by atoms with Gasteiger partial charge in [-0.05, 0) is 12.8 Å². The molecule has 0 aromatic heterocycles. The van der Waals surface area contributed by atoms with E-state index in [1.165, 1.54) is 212 Å². The second-order valence-electron chi connectivity index (χ2n) is 16.7. The maximum Gasteiger partial charge on any atom is 0.222 e. The molecule has 0 saturated carbocycles. The highest BCUT2D eigenvalue weighted by Gasteiger charge is 2.21. The third-order valence-corrected chi connectivity index (χ3v) is 11.4. The highest BCUT2D eigenvalue weighted by atomic mass is 16.3. The third-order valence-electron chi connectivity index (χ3n) is 11.4. The van der Waals surface area contributed by atoms with Crippen LogP contribution in [-0.2, 0) is 4.79 Å². The van der Waals surface area contributed by atoms with Gasteiger partial charge in [0, 0.05) is 0 Å². The third kappa shape index (κ3) is 39.1. The molecule has 312 valence electrons. The molecule has 0 radical (unpaired) electrons. The van der Waals surface area contributed by atoms with Gasteiger partial charge in [0.25, 0.3) is 0 Å². The van der Waals surface area contributed by atoms with Gasteiger partial charge in [-0.1, -0.05) is 251 Å². The van der Waals surface area contributed by atoms with Crippen molar-refractivity contribution in [3.8, 4) is 0 Å². The molecule has 5 nitrogen and oxygen atoms in total. The molecular weight excluding hydrogens is 643 g/mol. The molecule has 0 aliphatic heterocycles. The lowest BCUT2D eigenvalue weighted by molar-refractivity contribution is -0.125. The van der Waals surface area contributed by atoms with Crippen LogP contribution in [0.4, 0.5) is 0 Å². The molecule has 0 bridgehead atoms. The molecule has 0 aromatic carbocycles. The number of hydrogen-bond donors (Lipinski definition) is 4. The fraction of sp³-hybridized carbons (Fsp3) is 0.979. The lowest BCUT2D eigenvalue weighted by Gasteiger charge is -2.23. The van der Waals surface area contributed by atoms with E-state index < -0.39 is 18.2 Å². The first kappa shape index (κ1) is 51.4. The number of carbonyl (C=O) groups is 1. The Balaban J connectivity index is 3.55. The van der Waals surface area contributed by atoms with Crippen LogP contribution in [0, 0.1) is 0 Å². The van der Waals surface area contributed by atoms with Crippen LogP contribution in [0.15, 0.2) is 0 Å². The molecule has 0 saturated heterocycles. The van der Waals surface area contributed by atoms with E-state index in [0.29, 0.717) is 12.8 Å². The van der Waals surface area contributed by atoms with Crippen LogP contribution in [0.1, 0.15) is 271 Å². The fourth-order valence-electron chi connectivity index (χ4n) is 7.76. The topological polar surface area (TPSA) is 89.8 Å². The first-order valence-electron chi connectivity index (χ1n) is 23.8. The van der Waals surface area contributed by atoms with E-state index >= 15 is 0 Å². The minimum atomic E-state index is -0.744. The summed E-state index contributed by atoms with van der Waals surface area (Å²) in [4.78, 5) is 12.5. The minimum Gasteiger partial charge on any atom is -0.394 e. The molecule has 3 atom stereocenters. The van der Waals surface area contributed by atoms with Crippen molar-refractivity contribution in [2.24, 2.45) is 0 Å². The summed E-state index contributed by atoms with van der Waals surface area (Å²) in [5, 5.41) is 33.5. The van der Waals surface area contributed by atoms with Gasteiger partial charge in [0.1, 0.15) is 0 Å². The Morgan fingerprint density at radius 3 is 0.923 bits per heavy atom. The Bertz CT molecular complexity index is 688. The van der Waals surface area contributed by atoms with Crippen LogP contribution >= 0.6 is 0 Å². The van der Waals surface area contributed by atoms with E-state index in [1.54, 1.807) is 0 Å². The average molecular weight is 738 g/mol. The summed E-state index contributed by atoms with van der Waals surface area (Å²) in [7, 11) is 0. The molecular formula is C47H95NO4. The monoisotopic (exact) mass is 738 g/mol. The van der Waals surface area contributed by atoms with Crippen molar-refractivity contribution < 1.29 is 20.1 Å². The van der Waals surface area contributed by atoms with Gasteiger partial charge in [-0.15, -0.1) is 0 Å². The Morgan fingerprint density at radius 1 is 0.404 bits per heavy atom. The zero-order valence-corrected chi connectivity index (χ0v) is 35.5. The normalized spacial score (nSPS) is 13.4. The molecule has 0 aromatic rings. The smallest absolute Gasteiger partial charge is 0.222 e. The summed E-state index contributed by atoms with van der Waals surface area (Å²) in [5.41, 5.74) is 0. The van der Waals surface area contributed by atoms with Crippen molar-refractivity contribution in [1.29, 1.82) is 0 Å². The predicted molar refractivity (Wildman–Crippen MR) is 227 cm³/mol. The number of hydrogen-bond acceptors (Lipinski definition) is 4. The summed E-state index contributed by atoms with van der Waals surface area (Å²) in [6.45, 7) is 4.29. The molecule has 0 heterocycles. The zero-order valence-electron chi connectivity index (χ0n) is 35.5. The Hall–Kier alpha value is -0.650. The van der Waals surface area contributed by atoms with Gasteiger partial charge in [-0.2, -0.15) is 0 Å². The number of unbranched alkanes of at least 4 members (excludes halogenated alkanes) is 35. The van der Waals surface area contributed by atoms with Gasteiger partial charge in [0.05, 0.1) is 31.3 Å². The van der Waals surface area contributed by atoms with Crippen molar-refractivity contribution in [2.75, 3.05) is 6.61 Å². The summed E-state index contributed by atoms with van der Waals surface area (Å²) < 4.78 is 0. The number of rotatable bonds is 44. The fourth-order valence-corrected chi connectivity index (χ4v) is 7.76. The molecule has 4 N–H and O–H groups in total. The van der Waals surface area contributed by atoms with Gasteiger partial charge in [-0.3, -0.25) is 4.79 Å². The largest absolute Gasteiger partial charge is 0.394 e. The number of amides is 1. The van der Waals surface area contributed by atoms with E-state index in [0.717, 1.165) is 25.7 Å². The number of aliphatic hydroxyl groups excluding tert-OH is 3. The van der Waals surface area contributed by atoms with Crippen molar-refractivity contribution in [3.63, 3.8) is 0 Å². The highest BCUT2D eigenvalue weighted by Crippen LogP contribution is 2.17. The first-order chi connectivity index (χ1) is 25.5. The van der Waals surface area contributed by atoms with Crippen LogP contribution in [0.5, 0.6) is 0 Å². The highest BCUT2D eigenvalue weighted by molar-refractivity contribution is 5.76. The van der Waals surface area contributed by atoms with E-state index in [4.69, 9.17) is 0 Å². The summed E-state index contributed by atoms with van der Waals surface area (Å²) in [6.07, 6.45) is 49.4. The second kappa shape index (κ2) is 43.1. The van der Waals surface area contributed by atoms with Crippen LogP contribution in [-0.4, -0.2) is 46.1 Å². The van der Waals surface area contributed by atoms with Crippen LogP contribution < -0.4 is 5.32 Å². The van der Waals surface area contributed by atoms with Gasteiger partial charge in [-0.25, -0.2) is 0 Å². The summed E-state index contributed by atoms with van der Waals surface area (Å²) in [6, 6.07) is -0.652. The lowest BCUT2D eigenvalue weighted by atomic mass is 10.0. The molecule has 0 aliphatic rings. The molecule has 1 amide bonds. The minimum absolute atomic E-state index is 0.0431. The summed E-state index contributed by atoms with van der Waals surface area (Å²) in [5.74, 6) is -0.277. The van der Waals surface area contributed by atoms with Gasteiger partial charge in [0.2, 0.25) is 5.91 Å².